The van der Waals surface area contributed by atoms with Gasteiger partial charge >= 0.3 is 7.60 Å². The lowest BCUT2D eigenvalue weighted by atomic mass is 9.95. The van der Waals surface area contributed by atoms with E-state index >= 15 is 0 Å². The fourth-order valence-corrected chi connectivity index (χ4v) is 3.94. The van der Waals surface area contributed by atoms with E-state index in [2.05, 4.69) is 0 Å². The molecule has 0 saturated carbocycles. The van der Waals surface area contributed by atoms with Gasteiger partial charge in [0.2, 0.25) is 5.57 Å². The zero-order valence-electron chi connectivity index (χ0n) is 15.1. The Kier molecular flexibility index (Phi) is 6.71. The van der Waals surface area contributed by atoms with Gasteiger partial charge in [0.25, 0.3) is 0 Å². The van der Waals surface area contributed by atoms with Crippen LogP contribution in [0.3, 0.4) is 0 Å². The topological polar surface area (TPSA) is 35.5 Å². The second-order valence-electron chi connectivity index (χ2n) is 5.74. The first kappa shape index (κ1) is 19.6. The van der Waals surface area contributed by atoms with Crippen LogP contribution in [0.5, 0.6) is 0 Å². The van der Waals surface area contributed by atoms with E-state index < -0.39 is 13.2 Å². The Labute approximate surface area is 148 Å². The molecule has 0 atom stereocenters. The van der Waals surface area contributed by atoms with E-state index in [-0.39, 0.29) is 13.2 Å². The average molecular weight is 362 g/mol. The molecule has 3 nitrogen and oxygen atoms in total. The maximum Gasteiger partial charge on any atom is 0.389 e. The molecule has 134 valence electrons. The molecule has 2 aromatic carbocycles. The molecule has 2 rings (SSSR count). The van der Waals surface area contributed by atoms with E-state index in [1.54, 1.807) is 13.8 Å². The van der Waals surface area contributed by atoms with E-state index in [0.29, 0.717) is 5.57 Å². The molecule has 0 saturated heterocycles. The smallest absolute Gasteiger partial charge is 0.304 e. The Balaban J connectivity index is 2.59. The number of hydrogen-bond donors (Lipinski definition) is 0. The molecule has 0 N–H and O–H groups in total. The van der Waals surface area contributed by atoms with E-state index in [4.69, 9.17) is 9.05 Å². The van der Waals surface area contributed by atoms with Gasteiger partial charge in [0.05, 0.1) is 13.2 Å². The van der Waals surface area contributed by atoms with Gasteiger partial charge in [-0.3, -0.25) is 4.57 Å². The van der Waals surface area contributed by atoms with E-state index in [1.165, 1.54) is 6.08 Å². The first-order valence-electron chi connectivity index (χ1n) is 8.35. The third kappa shape index (κ3) is 4.46. The highest BCUT2D eigenvalue weighted by atomic mass is 31.2. The predicted octanol–water partition coefficient (Wildman–Crippen LogP) is 6.71. The van der Waals surface area contributed by atoms with Crippen molar-refractivity contribution in [2.45, 2.75) is 27.7 Å². The zero-order chi connectivity index (χ0) is 18.4. The number of allylic oxidation sites excluding steroid dienone is 3. The minimum absolute atomic E-state index is 0.108. The van der Waals surface area contributed by atoms with Crippen molar-refractivity contribution in [1.82, 2.24) is 0 Å². The van der Waals surface area contributed by atoms with Crippen molar-refractivity contribution >= 4 is 23.9 Å². The molecule has 0 fully saturated rings. The van der Waals surface area contributed by atoms with Crippen LogP contribution in [0, 0.1) is 0 Å². The second kappa shape index (κ2) is 8.57. The molecule has 0 aliphatic heterocycles. The lowest BCUT2D eigenvalue weighted by molar-refractivity contribution is 0.220. The first-order chi connectivity index (χ1) is 11.9. The van der Waals surface area contributed by atoms with Gasteiger partial charge < -0.3 is 9.05 Å². The molecule has 0 aromatic heterocycles. The van der Waals surface area contributed by atoms with Crippen LogP contribution in [0.2, 0.25) is 0 Å². The van der Waals surface area contributed by atoms with Crippen molar-refractivity contribution in [2.24, 2.45) is 0 Å². The lowest BCUT2D eigenvalue weighted by Gasteiger charge is -2.16. The zero-order valence-corrected chi connectivity index (χ0v) is 16.0. The SMILES string of the molecule is CCOP(=O)(OCC)/C(F)=C/C(=C(C)C)c1cccc2ccccc12. The van der Waals surface area contributed by atoms with E-state index in [1.807, 2.05) is 56.3 Å². The Morgan fingerprint density at radius 2 is 1.64 bits per heavy atom. The summed E-state index contributed by atoms with van der Waals surface area (Å²) in [6.45, 7) is 7.32. The van der Waals surface area contributed by atoms with Crippen LogP contribution in [-0.4, -0.2) is 13.2 Å². The van der Waals surface area contributed by atoms with E-state index in [0.717, 1.165) is 21.9 Å². The fourth-order valence-electron chi connectivity index (χ4n) is 2.65. The van der Waals surface area contributed by atoms with Crippen LogP contribution in [-0.2, 0) is 13.6 Å². The summed E-state index contributed by atoms with van der Waals surface area (Å²) in [5, 5.41) is 2.07. The maximum atomic E-state index is 14.8. The summed E-state index contributed by atoms with van der Waals surface area (Å²) in [5.74, 6) is 0. The molecular formula is C20H24FO3P. The monoisotopic (exact) mass is 362 g/mol. The van der Waals surface area contributed by atoms with Crippen LogP contribution < -0.4 is 0 Å². The summed E-state index contributed by atoms with van der Waals surface area (Å²) in [7, 11) is -3.92. The molecule has 0 spiro atoms. The van der Waals surface area contributed by atoms with Gasteiger partial charge in [0.1, 0.15) is 0 Å². The molecule has 25 heavy (non-hydrogen) atoms. The van der Waals surface area contributed by atoms with Gasteiger partial charge in [-0.25, -0.2) is 0 Å². The van der Waals surface area contributed by atoms with Gasteiger partial charge in [-0.05, 0) is 55.7 Å². The molecule has 5 heteroatoms. The number of rotatable bonds is 7. The number of hydrogen-bond acceptors (Lipinski definition) is 3. The van der Waals surface area contributed by atoms with Gasteiger partial charge in [-0.1, -0.05) is 48.0 Å². The van der Waals surface area contributed by atoms with Crippen LogP contribution in [0.25, 0.3) is 16.3 Å². The van der Waals surface area contributed by atoms with Crippen molar-refractivity contribution < 1.29 is 18.0 Å². The molecule has 0 radical (unpaired) electrons. The Bertz CT molecular complexity index is 836. The molecule has 0 aliphatic rings. The molecule has 0 heterocycles. The van der Waals surface area contributed by atoms with Crippen LogP contribution in [0.4, 0.5) is 4.39 Å². The molecular weight excluding hydrogens is 338 g/mol. The van der Waals surface area contributed by atoms with E-state index in [9.17, 15) is 8.96 Å². The van der Waals surface area contributed by atoms with Gasteiger partial charge in [0.15, 0.2) is 0 Å². The standard InChI is InChI=1S/C20H24FO3P/c1-5-23-25(22,24-6-2)20(21)14-19(15(3)4)18-13-9-11-16-10-7-8-12-17(16)18/h7-14H,5-6H2,1-4H3/b20-14+. The largest absolute Gasteiger partial charge is 0.389 e. The van der Waals surface area contributed by atoms with Gasteiger partial charge in [-0.15, -0.1) is 0 Å². The maximum absolute atomic E-state index is 14.8. The highest BCUT2D eigenvalue weighted by molar-refractivity contribution is 7.58. The van der Waals surface area contributed by atoms with Gasteiger partial charge in [0, 0.05) is 0 Å². The fraction of sp³-hybridized carbons (Fsp3) is 0.300. The molecule has 0 aliphatic carbocycles. The summed E-state index contributed by atoms with van der Waals surface area (Å²) in [6.07, 6.45) is 1.28. The van der Waals surface area contributed by atoms with Gasteiger partial charge in [-0.2, -0.15) is 4.39 Å². The Morgan fingerprint density at radius 3 is 2.24 bits per heavy atom. The van der Waals surface area contributed by atoms with Crippen molar-refractivity contribution in [3.8, 4) is 0 Å². The number of halogens is 1. The summed E-state index contributed by atoms with van der Waals surface area (Å²) < 4.78 is 37.7. The Hall–Kier alpha value is -1.74. The number of fused-ring (bicyclic) bond motifs is 1. The van der Waals surface area contributed by atoms with Crippen molar-refractivity contribution in [2.75, 3.05) is 13.2 Å². The van der Waals surface area contributed by atoms with Crippen molar-refractivity contribution in [3.63, 3.8) is 0 Å². The van der Waals surface area contributed by atoms with Crippen molar-refractivity contribution in [3.05, 3.63) is 65.2 Å². The third-order valence-corrected chi connectivity index (χ3v) is 5.59. The Morgan fingerprint density at radius 1 is 1.04 bits per heavy atom. The third-order valence-electron chi connectivity index (χ3n) is 3.74. The van der Waals surface area contributed by atoms with Crippen LogP contribution in [0.1, 0.15) is 33.3 Å². The molecule has 0 amide bonds. The summed E-state index contributed by atoms with van der Waals surface area (Å²) >= 11 is 0. The van der Waals surface area contributed by atoms with Crippen LogP contribution in [0.15, 0.2) is 59.7 Å². The highest BCUT2D eigenvalue weighted by Gasteiger charge is 2.30. The minimum Gasteiger partial charge on any atom is -0.304 e. The molecule has 2 aromatic rings. The summed E-state index contributed by atoms with van der Waals surface area (Å²) in [5.41, 5.74) is 1.59. The molecule has 0 unspecified atom stereocenters. The van der Waals surface area contributed by atoms with Crippen LogP contribution >= 0.6 is 7.60 Å². The molecule has 0 bridgehead atoms. The minimum atomic E-state index is -3.92. The predicted molar refractivity (Wildman–Crippen MR) is 102 cm³/mol. The first-order valence-corrected chi connectivity index (χ1v) is 9.89. The summed E-state index contributed by atoms with van der Waals surface area (Å²) in [6, 6.07) is 13.8. The summed E-state index contributed by atoms with van der Waals surface area (Å²) in [4.78, 5) is 0. The average Bonchev–Trinajstić information content (AvgIpc) is 2.59. The van der Waals surface area contributed by atoms with Crippen molar-refractivity contribution in [1.29, 1.82) is 0 Å². The highest BCUT2D eigenvalue weighted by Crippen LogP contribution is 2.57. The quantitative estimate of drug-likeness (QED) is 0.405. The normalized spacial score (nSPS) is 12.4. The lowest BCUT2D eigenvalue weighted by Crippen LogP contribution is -1.97. The second-order valence-corrected chi connectivity index (χ2v) is 7.68. The number of benzene rings is 2.